The molecule has 0 saturated heterocycles. The molecule has 0 aliphatic rings. The third kappa shape index (κ3) is 4.84. The molecule has 9 heteroatoms. The molecule has 0 fully saturated rings. The molecule has 0 heterocycles. The number of aliphatic hydroxyl groups is 1. The predicted molar refractivity (Wildman–Crippen MR) is 72.6 cm³/mol. The first-order valence-corrected chi connectivity index (χ1v) is 7.77. The van der Waals surface area contributed by atoms with E-state index < -0.39 is 32.2 Å². The Balaban J connectivity index is 3.33. The highest BCUT2D eigenvalue weighted by atomic mass is 35.5. The summed E-state index contributed by atoms with van der Waals surface area (Å²) in [5, 5.41) is 8.65. The predicted octanol–water partition coefficient (Wildman–Crippen LogP) is 2.80. The minimum atomic E-state index is -4.85. The van der Waals surface area contributed by atoms with Crippen molar-refractivity contribution in [2.75, 3.05) is 6.61 Å². The van der Waals surface area contributed by atoms with Gasteiger partial charge in [-0.2, -0.15) is 13.2 Å². The van der Waals surface area contributed by atoms with Crippen LogP contribution >= 0.6 is 11.6 Å². The van der Waals surface area contributed by atoms with Gasteiger partial charge in [0.15, 0.2) is 0 Å². The van der Waals surface area contributed by atoms with Gasteiger partial charge in [-0.25, -0.2) is 13.1 Å². The monoisotopic (exact) mass is 345 g/mol. The second-order valence-electron chi connectivity index (χ2n) is 5.10. The molecular formula is C12H15ClF3NO3S. The van der Waals surface area contributed by atoms with Crippen molar-refractivity contribution in [1.29, 1.82) is 0 Å². The van der Waals surface area contributed by atoms with Gasteiger partial charge in [0.2, 0.25) is 10.0 Å². The molecule has 0 radical (unpaired) electrons. The summed E-state index contributed by atoms with van der Waals surface area (Å²) in [6.45, 7) is 2.62. The van der Waals surface area contributed by atoms with Gasteiger partial charge in [-0.1, -0.05) is 11.6 Å². The normalized spacial score (nSPS) is 13.5. The maximum Gasteiger partial charge on any atom is 0.417 e. The zero-order chi connectivity index (χ0) is 16.5. The van der Waals surface area contributed by atoms with Gasteiger partial charge < -0.3 is 5.11 Å². The van der Waals surface area contributed by atoms with E-state index in [1.54, 1.807) is 0 Å². The van der Waals surface area contributed by atoms with Crippen molar-refractivity contribution in [3.05, 3.63) is 28.8 Å². The SMILES string of the molecule is CC(C)(CCO)NS(=O)(=O)c1ccc(Cl)cc1C(F)(F)F. The van der Waals surface area contributed by atoms with Gasteiger partial charge in [-0.05, 0) is 38.5 Å². The molecule has 0 unspecified atom stereocenters. The second kappa shape index (κ2) is 6.12. The fourth-order valence-electron chi connectivity index (χ4n) is 1.71. The fraction of sp³-hybridized carbons (Fsp3) is 0.500. The van der Waals surface area contributed by atoms with Gasteiger partial charge in [-0.3, -0.25) is 0 Å². The topological polar surface area (TPSA) is 66.4 Å². The molecule has 21 heavy (non-hydrogen) atoms. The van der Waals surface area contributed by atoms with Crippen LogP contribution in [-0.2, 0) is 16.2 Å². The number of benzene rings is 1. The van der Waals surface area contributed by atoms with Crippen molar-refractivity contribution < 1.29 is 26.7 Å². The van der Waals surface area contributed by atoms with Crippen LogP contribution in [0.3, 0.4) is 0 Å². The molecule has 0 atom stereocenters. The summed E-state index contributed by atoms with van der Waals surface area (Å²) >= 11 is 5.51. The number of halogens is 4. The van der Waals surface area contributed by atoms with Crippen molar-refractivity contribution in [2.45, 2.75) is 36.9 Å². The average molecular weight is 346 g/mol. The van der Waals surface area contributed by atoms with Crippen LogP contribution in [0.4, 0.5) is 13.2 Å². The molecule has 0 amide bonds. The Labute approximate surface area is 126 Å². The highest BCUT2D eigenvalue weighted by Gasteiger charge is 2.38. The Hall–Kier alpha value is -0.830. The van der Waals surface area contributed by atoms with E-state index in [2.05, 4.69) is 4.72 Å². The molecule has 0 aliphatic carbocycles. The molecule has 0 saturated carbocycles. The second-order valence-corrected chi connectivity index (χ2v) is 7.19. The molecule has 2 N–H and O–H groups in total. The smallest absolute Gasteiger partial charge is 0.396 e. The Morgan fingerprint density at radius 1 is 1.29 bits per heavy atom. The molecule has 1 aromatic rings. The van der Waals surface area contributed by atoms with Crippen LogP contribution in [0.1, 0.15) is 25.8 Å². The lowest BCUT2D eigenvalue weighted by atomic mass is 10.0. The van der Waals surface area contributed by atoms with Crippen LogP contribution in [0.5, 0.6) is 0 Å². The van der Waals surface area contributed by atoms with E-state index in [4.69, 9.17) is 16.7 Å². The van der Waals surface area contributed by atoms with E-state index >= 15 is 0 Å². The number of sulfonamides is 1. The Morgan fingerprint density at radius 3 is 2.33 bits per heavy atom. The number of rotatable bonds is 5. The summed E-state index contributed by atoms with van der Waals surface area (Å²) in [6.07, 6.45) is -4.79. The summed E-state index contributed by atoms with van der Waals surface area (Å²) in [5.41, 5.74) is -2.42. The first kappa shape index (κ1) is 18.2. The number of nitrogens with one attached hydrogen (secondary N) is 1. The molecule has 4 nitrogen and oxygen atoms in total. The molecule has 1 rings (SSSR count). The van der Waals surface area contributed by atoms with Crippen LogP contribution < -0.4 is 4.72 Å². The fourth-order valence-corrected chi connectivity index (χ4v) is 3.53. The van der Waals surface area contributed by atoms with E-state index in [0.717, 1.165) is 12.1 Å². The Kier molecular flexibility index (Phi) is 5.31. The largest absolute Gasteiger partial charge is 0.417 e. The zero-order valence-corrected chi connectivity index (χ0v) is 12.9. The molecule has 0 aromatic heterocycles. The summed E-state index contributed by atoms with van der Waals surface area (Å²) in [4.78, 5) is -0.898. The van der Waals surface area contributed by atoms with Crippen LogP contribution in [0.15, 0.2) is 23.1 Å². The summed E-state index contributed by atoms with van der Waals surface area (Å²) in [7, 11) is -4.41. The lowest BCUT2D eigenvalue weighted by Gasteiger charge is -2.26. The standard InChI is InChI=1S/C12H15ClF3NO3S/c1-11(2,5-6-18)17-21(19,20)10-4-3-8(13)7-9(10)12(14,15)16/h3-4,7,17-18H,5-6H2,1-2H3. The van der Waals surface area contributed by atoms with Crippen molar-refractivity contribution >= 4 is 21.6 Å². The molecule has 0 aliphatic heterocycles. The Bertz CT molecular complexity index is 615. The third-order valence-electron chi connectivity index (χ3n) is 2.68. The van der Waals surface area contributed by atoms with E-state index in [1.165, 1.54) is 13.8 Å². The van der Waals surface area contributed by atoms with Crippen molar-refractivity contribution in [2.24, 2.45) is 0 Å². The zero-order valence-electron chi connectivity index (χ0n) is 11.3. The van der Waals surface area contributed by atoms with E-state index in [0.29, 0.717) is 6.07 Å². The lowest BCUT2D eigenvalue weighted by molar-refractivity contribution is -0.139. The number of aliphatic hydroxyl groups excluding tert-OH is 1. The average Bonchev–Trinajstić information content (AvgIpc) is 2.25. The summed E-state index contributed by atoms with van der Waals surface area (Å²) in [6, 6.07) is 2.45. The van der Waals surface area contributed by atoms with Crippen molar-refractivity contribution in [3.8, 4) is 0 Å². The highest BCUT2D eigenvalue weighted by Crippen LogP contribution is 2.36. The van der Waals surface area contributed by atoms with Crippen LogP contribution in [-0.4, -0.2) is 25.7 Å². The van der Waals surface area contributed by atoms with Gasteiger partial charge >= 0.3 is 6.18 Å². The summed E-state index contributed by atoms with van der Waals surface area (Å²) in [5.74, 6) is 0. The molecule has 0 bridgehead atoms. The van der Waals surface area contributed by atoms with Gasteiger partial charge in [0.05, 0.1) is 10.5 Å². The summed E-state index contributed by atoms with van der Waals surface area (Å²) < 4.78 is 65.3. The number of hydrogen-bond acceptors (Lipinski definition) is 3. The van der Waals surface area contributed by atoms with Gasteiger partial charge in [0.1, 0.15) is 0 Å². The van der Waals surface area contributed by atoms with Crippen LogP contribution in [0.25, 0.3) is 0 Å². The quantitative estimate of drug-likeness (QED) is 0.862. The van der Waals surface area contributed by atoms with Crippen LogP contribution in [0.2, 0.25) is 5.02 Å². The molecule has 1 aromatic carbocycles. The molecular weight excluding hydrogens is 331 g/mol. The first-order valence-electron chi connectivity index (χ1n) is 5.91. The van der Waals surface area contributed by atoms with Crippen molar-refractivity contribution in [1.82, 2.24) is 4.72 Å². The maximum atomic E-state index is 12.9. The third-order valence-corrected chi connectivity index (χ3v) is 4.68. The van der Waals surface area contributed by atoms with Crippen LogP contribution in [0, 0.1) is 0 Å². The molecule has 0 spiro atoms. The number of hydrogen-bond donors (Lipinski definition) is 2. The van der Waals surface area contributed by atoms with E-state index in [1.807, 2.05) is 0 Å². The molecule has 120 valence electrons. The lowest BCUT2D eigenvalue weighted by Crippen LogP contribution is -2.44. The highest BCUT2D eigenvalue weighted by molar-refractivity contribution is 7.89. The van der Waals surface area contributed by atoms with E-state index in [-0.39, 0.29) is 18.1 Å². The van der Waals surface area contributed by atoms with E-state index in [9.17, 15) is 21.6 Å². The van der Waals surface area contributed by atoms with Gasteiger partial charge in [-0.15, -0.1) is 0 Å². The first-order chi connectivity index (χ1) is 9.39. The maximum absolute atomic E-state index is 12.9. The Morgan fingerprint density at radius 2 is 1.86 bits per heavy atom. The minimum Gasteiger partial charge on any atom is -0.396 e. The van der Waals surface area contributed by atoms with Gasteiger partial charge in [0.25, 0.3) is 0 Å². The number of alkyl halides is 3. The minimum absolute atomic E-state index is 0.0567. The van der Waals surface area contributed by atoms with Gasteiger partial charge in [0, 0.05) is 17.2 Å². The van der Waals surface area contributed by atoms with Crippen molar-refractivity contribution in [3.63, 3.8) is 0 Å².